The molecule has 20 heavy (non-hydrogen) atoms. The maximum absolute atomic E-state index is 12.1. The number of amides is 1. The third kappa shape index (κ3) is 2.36. The van der Waals surface area contributed by atoms with E-state index in [-0.39, 0.29) is 12.5 Å². The number of benzene rings is 2. The molecule has 4 heteroatoms. The quantitative estimate of drug-likeness (QED) is 0.715. The van der Waals surface area contributed by atoms with Crippen molar-refractivity contribution in [2.45, 2.75) is 6.54 Å². The van der Waals surface area contributed by atoms with Crippen molar-refractivity contribution in [1.82, 2.24) is 4.57 Å². The molecule has 0 bridgehead atoms. The van der Waals surface area contributed by atoms with Gasteiger partial charge in [0.15, 0.2) is 0 Å². The summed E-state index contributed by atoms with van der Waals surface area (Å²) in [5, 5.41) is 3.90. The van der Waals surface area contributed by atoms with Gasteiger partial charge in [0, 0.05) is 17.3 Å². The first-order valence-electron chi connectivity index (χ1n) is 6.42. The highest BCUT2D eigenvalue weighted by Crippen LogP contribution is 2.22. The summed E-state index contributed by atoms with van der Waals surface area (Å²) >= 11 is 0. The molecule has 100 valence electrons. The van der Waals surface area contributed by atoms with Gasteiger partial charge < -0.3 is 15.6 Å². The minimum absolute atomic E-state index is 0.0723. The molecule has 0 aliphatic rings. The van der Waals surface area contributed by atoms with Gasteiger partial charge in [-0.05, 0) is 24.3 Å². The summed E-state index contributed by atoms with van der Waals surface area (Å²) in [6.45, 7) is 0.243. The first-order chi connectivity index (χ1) is 9.74. The molecule has 0 unspecified atom stereocenters. The lowest BCUT2D eigenvalue weighted by Crippen LogP contribution is -2.18. The molecule has 3 N–H and O–H groups in total. The van der Waals surface area contributed by atoms with Crippen LogP contribution in [0.2, 0.25) is 0 Å². The molecule has 3 aromatic rings. The first-order valence-corrected chi connectivity index (χ1v) is 6.42. The lowest BCUT2D eigenvalue weighted by Gasteiger charge is -2.08. The van der Waals surface area contributed by atoms with Crippen molar-refractivity contribution in [1.29, 1.82) is 0 Å². The van der Waals surface area contributed by atoms with Crippen LogP contribution in [0.25, 0.3) is 10.9 Å². The number of nitrogen functional groups attached to an aromatic ring is 1. The van der Waals surface area contributed by atoms with Crippen LogP contribution in [-0.4, -0.2) is 10.5 Å². The third-order valence-electron chi connectivity index (χ3n) is 3.19. The molecule has 3 rings (SSSR count). The summed E-state index contributed by atoms with van der Waals surface area (Å²) in [5.74, 6) is -0.0723. The highest BCUT2D eigenvalue weighted by Gasteiger charge is 2.08. The van der Waals surface area contributed by atoms with Gasteiger partial charge in [-0.1, -0.05) is 30.3 Å². The number of fused-ring (bicyclic) bond motifs is 1. The Kier molecular flexibility index (Phi) is 3.13. The summed E-state index contributed by atoms with van der Waals surface area (Å²) < 4.78 is 1.86. The number of para-hydroxylation sites is 2. The van der Waals surface area contributed by atoms with Crippen LogP contribution in [0.15, 0.2) is 60.8 Å². The van der Waals surface area contributed by atoms with Crippen molar-refractivity contribution >= 4 is 28.2 Å². The molecular formula is C16H15N3O. The molecule has 2 aromatic carbocycles. The molecule has 0 aliphatic heterocycles. The van der Waals surface area contributed by atoms with Gasteiger partial charge in [-0.15, -0.1) is 0 Å². The molecule has 1 heterocycles. The van der Waals surface area contributed by atoms with Gasteiger partial charge in [0.25, 0.3) is 0 Å². The molecule has 0 aliphatic carbocycles. The van der Waals surface area contributed by atoms with Gasteiger partial charge in [0.1, 0.15) is 6.54 Å². The number of carbonyl (C=O) groups is 1. The number of nitrogens with two attached hydrogens (primary N) is 1. The van der Waals surface area contributed by atoms with Crippen LogP contribution in [0.5, 0.6) is 0 Å². The Morgan fingerprint density at radius 2 is 1.85 bits per heavy atom. The van der Waals surface area contributed by atoms with E-state index in [4.69, 9.17) is 5.73 Å². The second-order valence-corrected chi connectivity index (χ2v) is 4.64. The van der Waals surface area contributed by atoms with E-state index in [0.29, 0.717) is 5.69 Å². The molecule has 0 atom stereocenters. The van der Waals surface area contributed by atoms with Crippen molar-refractivity contribution in [3.05, 3.63) is 60.8 Å². The smallest absolute Gasteiger partial charge is 0.244 e. The Morgan fingerprint density at radius 3 is 2.65 bits per heavy atom. The zero-order valence-electron chi connectivity index (χ0n) is 10.9. The summed E-state index contributed by atoms with van der Waals surface area (Å²) in [6.07, 6.45) is 1.88. The van der Waals surface area contributed by atoms with Crippen LogP contribution in [0.1, 0.15) is 0 Å². The van der Waals surface area contributed by atoms with Crippen LogP contribution in [0.4, 0.5) is 11.4 Å². The van der Waals surface area contributed by atoms with Crippen molar-refractivity contribution in [3.8, 4) is 0 Å². The zero-order chi connectivity index (χ0) is 13.9. The van der Waals surface area contributed by atoms with Gasteiger partial charge in [-0.25, -0.2) is 0 Å². The van der Waals surface area contributed by atoms with Crippen LogP contribution < -0.4 is 11.1 Å². The van der Waals surface area contributed by atoms with Crippen LogP contribution >= 0.6 is 0 Å². The minimum atomic E-state index is -0.0723. The van der Waals surface area contributed by atoms with Gasteiger partial charge in [-0.3, -0.25) is 4.79 Å². The van der Waals surface area contributed by atoms with Gasteiger partial charge in [-0.2, -0.15) is 0 Å². The Balaban J connectivity index is 1.81. The van der Waals surface area contributed by atoms with Crippen molar-refractivity contribution in [2.75, 3.05) is 11.1 Å². The molecule has 0 fully saturated rings. The van der Waals surface area contributed by atoms with E-state index in [9.17, 15) is 4.79 Å². The molecule has 1 amide bonds. The number of nitrogens with zero attached hydrogens (tertiary/aromatic N) is 1. The largest absolute Gasteiger partial charge is 0.397 e. The summed E-state index contributed by atoms with van der Waals surface area (Å²) in [7, 11) is 0. The average molecular weight is 265 g/mol. The Bertz CT molecular complexity index is 747. The highest BCUT2D eigenvalue weighted by molar-refractivity contribution is 5.94. The zero-order valence-corrected chi connectivity index (χ0v) is 10.9. The van der Waals surface area contributed by atoms with Crippen LogP contribution in [-0.2, 0) is 11.3 Å². The van der Waals surface area contributed by atoms with Gasteiger partial charge in [0.2, 0.25) is 5.91 Å². The standard InChI is InChI=1S/C16H15N3O/c17-14-8-4-5-12-9-10-19(16(12)14)11-15(20)18-13-6-2-1-3-7-13/h1-10H,11,17H2,(H,18,20). The number of nitrogens with one attached hydrogen (secondary N) is 1. The minimum Gasteiger partial charge on any atom is -0.397 e. The van der Waals surface area contributed by atoms with E-state index in [1.54, 1.807) is 0 Å². The number of anilines is 2. The first kappa shape index (κ1) is 12.3. The molecule has 1 aromatic heterocycles. The summed E-state index contributed by atoms with van der Waals surface area (Å²) in [6, 6.07) is 17.1. The molecule has 0 radical (unpaired) electrons. The summed E-state index contributed by atoms with van der Waals surface area (Å²) in [4.78, 5) is 12.1. The second kappa shape index (κ2) is 5.09. The van der Waals surface area contributed by atoms with E-state index >= 15 is 0 Å². The van der Waals surface area contributed by atoms with Gasteiger partial charge >= 0.3 is 0 Å². The maximum atomic E-state index is 12.1. The normalized spacial score (nSPS) is 10.6. The van der Waals surface area contributed by atoms with E-state index in [1.807, 2.05) is 65.4 Å². The van der Waals surface area contributed by atoms with Crippen molar-refractivity contribution in [2.24, 2.45) is 0 Å². The number of carbonyl (C=O) groups excluding carboxylic acids is 1. The average Bonchev–Trinajstić information content (AvgIpc) is 2.84. The molecule has 0 saturated carbocycles. The Labute approximate surface area is 116 Å². The fourth-order valence-corrected chi connectivity index (χ4v) is 2.30. The fraction of sp³-hybridized carbons (Fsp3) is 0.0625. The van der Waals surface area contributed by atoms with E-state index in [0.717, 1.165) is 16.6 Å². The predicted molar refractivity (Wildman–Crippen MR) is 81.4 cm³/mol. The van der Waals surface area contributed by atoms with Crippen molar-refractivity contribution < 1.29 is 4.79 Å². The van der Waals surface area contributed by atoms with E-state index in [1.165, 1.54) is 0 Å². The topological polar surface area (TPSA) is 60.0 Å². The third-order valence-corrected chi connectivity index (χ3v) is 3.19. The van der Waals surface area contributed by atoms with Crippen molar-refractivity contribution in [3.63, 3.8) is 0 Å². The predicted octanol–water partition coefficient (Wildman–Crippen LogP) is 2.86. The molecule has 0 spiro atoms. The number of hydrogen-bond donors (Lipinski definition) is 2. The number of hydrogen-bond acceptors (Lipinski definition) is 2. The summed E-state index contributed by atoms with van der Waals surface area (Å²) in [5.41, 5.74) is 8.35. The van der Waals surface area contributed by atoms with Gasteiger partial charge in [0.05, 0.1) is 11.2 Å². The number of aromatic nitrogens is 1. The van der Waals surface area contributed by atoms with E-state index < -0.39 is 0 Å². The number of rotatable bonds is 3. The SMILES string of the molecule is Nc1cccc2ccn(CC(=O)Nc3ccccc3)c12. The van der Waals surface area contributed by atoms with Crippen LogP contribution in [0, 0.1) is 0 Å². The molecule has 0 saturated heterocycles. The maximum Gasteiger partial charge on any atom is 0.244 e. The second-order valence-electron chi connectivity index (χ2n) is 4.64. The highest BCUT2D eigenvalue weighted by atomic mass is 16.1. The lowest BCUT2D eigenvalue weighted by molar-refractivity contribution is -0.116. The molecular weight excluding hydrogens is 250 g/mol. The van der Waals surface area contributed by atoms with Crippen LogP contribution in [0.3, 0.4) is 0 Å². The van der Waals surface area contributed by atoms with E-state index in [2.05, 4.69) is 5.32 Å². The lowest BCUT2D eigenvalue weighted by atomic mass is 10.2. The Morgan fingerprint density at radius 1 is 1.05 bits per heavy atom. The monoisotopic (exact) mass is 265 g/mol. The molecule has 4 nitrogen and oxygen atoms in total. The Hall–Kier alpha value is -2.75. The fourth-order valence-electron chi connectivity index (χ4n) is 2.30.